The molecular formula is C23H23NO4. The first-order valence-corrected chi connectivity index (χ1v) is 9.07. The van der Waals surface area contributed by atoms with Gasteiger partial charge >= 0.3 is 5.97 Å². The van der Waals surface area contributed by atoms with Gasteiger partial charge in [-0.3, -0.25) is 9.59 Å². The quantitative estimate of drug-likeness (QED) is 0.645. The molecule has 0 unspecified atom stereocenters. The van der Waals surface area contributed by atoms with Gasteiger partial charge in [-0.2, -0.15) is 0 Å². The van der Waals surface area contributed by atoms with Gasteiger partial charge in [0.15, 0.2) is 6.61 Å². The van der Waals surface area contributed by atoms with Gasteiger partial charge in [0.1, 0.15) is 5.75 Å². The Morgan fingerprint density at radius 3 is 2.36 bits per heavy atom. The Kier molecular flexibility index (Phi) is 5.94. The maximum Gasteiger partial charge on any atom is 0.313 e. The van der Waals surface area contributed by atoms with E-state index in [0.29, 0.717) is 5.69 Å². The number of amides is 1. The van der Waals surface area contributed by atoms with Crippen molar-refractivity contribution in [3.05, 3.63) is 71.8 Å². The molecule has 0 bridgehead atoms. The highest BCUT2D eigenvalue weighted by molar-refractivity contribution is 5.93. The number of ether oxygens (including phenoxy) is 2. The fraction of sp³-hybridized carbons (Fsp3) is 0.217. The average molecular weight is 377 g/mol. The molecule has 0 radical (unpaired) electrons. The van der Waals surface area contributed by atoms with Crippen molar-refractivity contribution in [1.82, 2.24) is 0 Å². The van der Waals surface area contributed by atoms with Crippen molar-refractivity contribution >= 4 is 28.3 Å². The topological polar surface area (TPSA) is 64.6 Å². The van der Waals surface area contributed by atoms with Crippen molar-refractivity contribution in [2.75, 3.05) is 19.0 Å². The fourth-order valence-corrected chi connectivity index (χ4v) is 2.87. The first-order chi connectivity index (χ1) is 13.5. The molecule has 0 spiro atoms. The molecule has 0 aliphatic heterocycles. The molecule has 3 aromatic rings. The minimum absolute atomic E-state index is 0.318. The van der Waals surface area contributed by atoms with E-state index >= 15 is 0 Å². The van der Waals surface area contributed by atoms with E-state index in [2.05, 4.69) is 5.32 Å². The summed E-state index contributed by atoms with van der Waals surface area (Å²) in [6, 6.07) is 19.0. The zero-order valence-electron chi connectivity index (χ0n) is 16.2. The first-order valence-electron chi connectivity index (χ1n) is 9.07. The minimum Gasteiger partial charge on any atom is -0.497 e. The Morgan fingerprint density at radius 1 is 0.964 bits per heavy atom. The van der Waals surface area contributed by atoms with Gasteiger partial charge in [0.05, 0.1) is 13.0 Å². The summed E-state index contributed by atoms with van der Waals surface area (Å²) < 4.78 is 10.4. The van der Waals surface area contributed by atoms with Crippen LogP contribution in [0.5, 0.6) is 5.75 Å². The number of hydrogen-bond acceptors (Lipinski definition) is 4. The molecule has 0 heterocycles. The van der Waals surface area contributed by atoms with E-state index in [0.717, 1.165) is 27.6 Å². The lowest BCUT2D eigenvalue weighted by atomic mass is 9.98. The zero-order chi connectivity index (χ0) is 20.1. The van der Waals surface area contributed by atoms with Gasteiger partial charge in [0.25, 0.3) is 5.91 Å². The molecular weight excluding hydrogens is 354 g/mol. The molecule has 1 atom stereocenters. The lowest BCUT2D eigenvalue weighted by Gasteiger charge is -2.13. The lowest BCUT2D eigenvalue weighted by Crippen LogP contribution is -2.23. The number of benzene rings is 3. The molecule has 0 fully saturated rings. The van der Waals surface area contributed by atoms with Crippen LogP contribution < -0.4 is 10.1 Å². The summed E-state index contributed by atoms with van der Waals surface area (Å²) in [5, 5.41) is 4.75. The number of hydrogen-bond donors (Lipinski definition) is 1. The summed E-state index contributed by atoms with van der Waals surface area (Å²) in [5.41, 5.74) is 2.61. The van der Waals surface area contributed by atoms with Gasteiger partial charge in [0.2, 0.25) is 0 Å². The Hall–Kier alpha value is -3.34. The number of methoxy groups -OCH3 is 1. The largest absolute Gasteiger partial charge is 0.497 e. The second kappa shape index (κ2) is 8.57. The van der Waals surface area contributed by atoms with Gasteiger partial charge in [-0.1, -0.05) is 42.0 Å². The van der Waals surface area contributed by atoms with E-state index in [9.17, 15) is 9.59 Å². The molecule has 5 heteroatoms. The highest BCUT2D eigenvalue weighted by Crippen LogP contribution is 2.25. The van der Waals surface area contributed by atoms with Crippen LogP contribution in [0, 0.1) is 6.92 Å². The number of esters is 1. The van der Waals surface area contributed by atoms with Crippen molar-refractivity contribution in [2.24, 2.45) is 0 Å². The summed E-state index contributed by atoms with van der Waals surface area (Å²) >= 11 is 0. The van der Waals surface area contributed by atoms with Crippen LogP contribution in [0.4, 0.5) is 5.69 Å². The van der Waals surface area contributed by atoms with Crippen LogP contribution in [0.3, 0.4) is 0 Å². The second-order valence-corrected chi connectivity index (χ2v) is 6.72. The normalized spacial score (nSPS) is 11.7. The maximum atomic E-state index is 12.4. The molecule has 3 rings (SSSR count). The van der Waals surface area contributed by atoms with Crippen molar-refractivity contribution in [3.63, 3.8) is 0 Å². The van der Waals surface area contributed by atoms with Crippen molar-refractivity contribution < 1.29 is 19.1 Å². The van der Waals surface area contributed by atoms with Gasteiger partial charge in [-0.25, -0.2) is 0 Å². The predicted octanol–water partition coefficient (Wildman–Crippen LogP) is 4.44. The maximum absolute atomic E-state index is 12.4. The predicted molar refractivity (Wildman–Crippen MR) is 110 cm³/mol. The first kappa shape index (κ1) is 19.4. The molecule has 0 saturated carbocycles. The Balaban J connectivity index is 1.59. The molecule has 1 N–H and O–H groups in total. The Bertz CT molecular complexity index is 995. The monoisotopic (exact) mass is 377 g/mol. The summed E-state index contributed by atoms with van der Waals surface area (Å²) in [6.45, 7) is 3.42. The van der Waals surface area contributed by atoms with E-state index in [1.54, 1.807) is 14.0 Å². The third-order valence-corrected chi connectivity index (χ3v) is 4.61. The number of aryl methyl sites for hydroxylation is 1. The summed E-state index contributed by atoms with van der Waals surface area (Å²) in [5.74, 6) is -0.493. The molecule has 144 valence electrons. The van der Waals surface area contributed by atoms with Crippen molar-refractivity contribution in [2.45, 2.75) is 19.8 Å². The van der Waals surface area contributed by atoms with E-state index < -0.39 is 11.9 Å². The Morgan fingerprint density at radius 2 is 1.64 bits per heavy atom. The number of carbonyl (C=O) groups excluding carboxylic acids is 2. The Labute approximate surface area is 164 Å². The van der Waals surface area contributed by atoms with Crippen LogP contribution in [0.25, 0.3) is 10.8 Å². The third-order valence-electron chi connectivity index (χ3n) is 4.61. The summed E-state index contributed by atoms with van der Waals surface area (Å²) in [4.78, 5) is 24.4. The van der Waals surface area contributed by atoms with Gasteiger partial charge in [-0.05, 0) is 54.4 Å². The lowest BCUT2D eigenvalue weighted by molar-refractivity contribution is -0.148. The average Bonchev–Trinajstić information content (AvgIpc) is 2.72. The zero-order valence-corrected chi connectivity index (χ0v) is 16.2. The third kappa shape index (κ3) is 4.68. The molecule has 28 heavy (non-hydrogen) atoms. The molecule has 3 aromatic carbocycles. The fourth-order valence-electron chi connectivity index (χ4n) is 2.87. The summed E-state index contributed by atoms with van der Waals surface area (Å²) in [7, 11) is 1.63. The smallest absolute Gasteiger partial charge is 0.313 e. The second-order valence-electron chi connectivity index (χ2n) is 6.72. The molecule has 1 amide bonds. The van der Waals surface area contributed by atoms with Crippen LogP contribution in [-0.4, -0.2) is 25.6 Å². The number of fused-ring (bicyclic) bond motifs is 1. The van der Waals surface area contributed by atoms with Gasteiger partial charge < -0.3 is 14.8 Å². The molecule has 0 saturated heterocycles. The van der Waals surface area contributed by atoms with E-state index in [-0.39, 0.29) is 12.5 Å². The summed E-state index contributed by atoms with van der Waals surface area (Å²) in [6.07, 6.45) is 0. The van der Waals surface area contributed by atoms with Gasteiger partial charge in [0, 0.05) is 5.69 Å². The van der Waals surface area contributed by atoms with Crippen LogP contribution in [0.2, 0.25) is 0 Å². The molecule has 0 aliphatic rings. The van der Waals surface area contributed by atoms with E-state index in [1.807, 2.05) is 67.6 Å². The van der Waals surface area contributed by atoms with Crippen LogP contribution in [0.15, 0.2) is 60.7 Å². The SMILES string of the molecule is COc1ccc2cc([C@H](C)C(=O)OCC(=O)Nc3ccc(C)cc3)ccc2c1. The van der Waals surface area contributed by atoms with E-state index in [4.69, 9.17) is 9.47 Å². The molecule has 0 aromatic heterocycles. The standard InChI is InChI=1S/C23H23NO4/c1-15-4-9-20(10-5-15)24-22(25)14-28-23(26)16(2)17-6-7-19-13-21(27-3)11-8-18(19)12-17/h4-13,16H,14H2,1-3H3,(H,24,25)/t16-/m0/s1. The number of carbonyl (C=O) groups is 2. The molecule has 0 aliphatic carbocycles. The van der Waals surface area contributed by atoms with E-state index in [1.165, 1.54) is 0 Å². The number of rotatable bonds is 6. The molecule has 5 nitrogen and oxygen atoms in total. The van der Waals surface area contributed by atoms with Crippen LogP contribution >= 0.6 is 0 Å². The van der Waals surface area contributed by atoms with Crippen LogP contribution in [-0.2, 0) is 14.3 Å². The highest BCUT2D eigenvalue weighted by Gasteiger charge is 2.18. The van der Waals surface area contributed by atoms with Crippen LogP contribution in [0.1, 0.15) is 24.0 Å². The number of nitrogens with one attached hydrogen (secondary N) is 1. The van der Waals surface area contributed by atoms with Crippen molar-refractivity contribution in [3.8, 4) is 5.75 Å². The highest BCUT2D eigenvalue weighted by atomic mass is 16.5. The minimum atomic E-state index is -0.473. The number of anilines is 1. The van der Waals surface area contributed by atoms with Crippen molar-refractivity contribution in [1.29, 1.82) is 0 Å². The van der Waals surface area contributed by atoms with Gasteiger partial charge in [-0.15, -0.1) is 0 Å².